The molecule has 0 radical (unpaired) electrons. The van der Waals surface area contributed by atoms with E-state index in [9.17, 15) is 0 Å². The van der Waals surface area contributed by atoms with Gasteiger partial charge in [-0.05, 0) is 55.8 Å². The zero-order chi connectivity index (χ0) is 15.4. The molecule has 2 fully saturated rings. The Labute approximate surface area is 143 Å². The standard InChI is InChI=1S/C17H27N3S2/c1-2-8-18-17(21)19-13-10-14-5-3-6-15(11-13)20(14)12-16-7-4-9-22-16/h4,7,9,13-15H,2-3,5-6,8,10-12H2,1H3,(H2,18,19,21). The van der Waals surface area contributed by atoms with E-state index in [0.717, 1.165) is 36.7 Å². The maximum atomic E-state index is 5.42. The summed E-state index contributed by atoms with van der Waals surface area (Å²) in [5, 5.41) is 9.90. The van der Waals surface area contributed by atoms with Crippen LogP contribution in [0.4, 0.5) is 0 Å². The topological polar surface area (TPSA) is 27.3 Å². The first-order valence-corrected chi connectivity index (χ1v) is 9.87. The summed E-state index contributed by atoms with van der Waals surface area (Å²) < 4.78 is 0. The monoisotopic (exact) mass is 337 g/mol. The fourth-order valence-electron chi connectivity index (χ4n) is 3.91. The molecule has 0 aromatic carbocycles. The van der Waals surface area contributed by atoms with Gasteiger partial charge in [0, 0.05) is 36.1 Å². The quantitative estimate of drug-likeness (QED) is 0.804. The largest absolute Gasteiger partial charge is 0.363 e. The summed E-state index contributed by atoms with van der Waals surface area (Å²) in [5.41, 5.74) is 0. The molecule has 1 aromatic heterocycles. The number of hydrogen-bond donors (Lipinski definition) is 2. The summed E-state index contributed by atoms with van der Waals surface area (Å²) in [6.07, 6.45) is 7.66. The molecular weight excluding hydrogens is 310 g/mol. The molecule has 0 spiro atoms. The average Bonchev–Trinajstić information content (AvgIpc) is 2.99. The van der Waals surface area contributed by atoms with E-state index in [-0.39, 0.29) is 0 Å². The van der Waals surface area contributed by atoms with Crippen LogP contribution < -0.4 is 10.6 Å². The Bertz CT molecular complexity index is 460. The molecule has 2 saturated heterocycles. The van der Waals surface area contributed by atoms with Crippen molar-refractivity contribution in [3.05, 3.63) is 22.4 Å². The number of nitrogens with zero attached hydrogens (tertiary/aromatic N) is 1. The van der Waals surface area contributed by atoms with Crippen molar-refractivity contribution in [1.82, 2.24) is 15.5 Å². The van der Waals surface area contributed by atoms with Gasteiger partial charge in [0.1, 0.15) is 0 Å². The number of fused-ring (bicyclic) bond motifs is 2. The van der Waals surface area contributed by atoms with Gasteiger partial charge >= 0.3 is 0 Å². The maximum absolute atomic E-state index is 5.42. The molecule has 22 heavy (non-hydrogen) atoms. The second-order valence-corrected chi connectivity index (χ2v) is 8.00. The van der Waals surface area contributed by atoms with Gasteiger partial charge in [0.2, 0.25) is 0 Å². The van der Waals surface area contributed by atoms with E-state index >= 15 is 0 Å². The van der Waals surface area contributed by atoms with Crippen molar-refractivity contribution in [2.45, 2.75) is 70.1 Å². The van der Waals surface area contributed by atoms with Crippen molar-refractivity contribution in [3.8, 4) is 0 Å². The smallest absolute Gasteiger partial charge is 0.166 e. The van der Waals surface area contributed by atoms with Crippen LogP contribution in [0.25, 0.3) is 0 Å². The molecule has 2 aliphatic rings. The average molecular weight is 338 g/mol. The van der Waals surface area contributed by atoms with E-state index in [2.05, 4.69) is 40.0 Å². The number of piperidine rings is 2. The van der Waals surface area contributed by atoms with E-state index in [1.807, 2.05) is 11.3 Å². The lowest BCUT2D eigenvalue weighted by atomic mass is 9.81. The van der Waals surface area contributed by atoms with Gasteiger partial charge in [0.15, 0.2) is 5.11 Å². The molecule has 2 unspecified atom stereocenters. The third kappa shape index (κ3) is 4.00. The summed E-state index contributed by atoms with van der Waals surface area (Å²) in [4.78, 5) is 4.26. The van der Waals surface area contributed by atoms with Crippen molar-refractivity contribution < 1.29 is 0 Å². The fourth-order valence-corrected chi connectivity index (χ4v) is 4.89. The molecule has 3 nitrogen and oxygen atoms in total. The normalized spacial score (nSPS) is 28.3. The van der Waals surface area contributed by atoms with Crippen LogP contribution >= 0.6 is 23.6 Å². The van der Waals surface area contributed by atoms with Gasteiger partial charge < -0.3 is 10.6 Å². The molecule has 2 bridgehead atoms. The summed E-state index contributed by atoms with van der Waals surface area (Å²) in [6.45, 7) is 4.28. The lowest BCUT2D eigenvalue weighted by Gasteiger charge is -2.49. The minimum Gasteiger partial charge on any atom is -0.363 e. The van der Waals surface area contributed by atoms with Crippen LogP contribution in [0, 0.1) is 0 Å². The summed E-state index contributed by atoms with van der Waals surface area (Å²) in [7, 11) is 0. The van der Waals surface area contributed by atoms with Crippen LogP contribution in [0.3, 0.4) is 0 Å². The third-order valence-electron chi connectivity index (χ3n) is 4.92. The molecule has 2 aliphatic heterocycles. The molecule has 2 atom stereocenters. The Balaban J connectivity index is 1.57. The molecule has 5 heteroatoms. The lowest BCUT2D eigenvalue weighted by molar-refractivity contribution is 0.0218. The first-order valence-electron chi connectivity index (χ1n) is 8.58. The lowest BCUT2D eigenvalue weighted by Crippen LogP contribution is -2.57. The molecule has 0 aliphatic carbocycles. The zero-order valence-corrected chi connectivity index (χ0v) is 15.0. The van der Waals surface area contributed by atoms with E-state index in [1.54, 1.807) is 0 Å². The number of rotatable bonds is 5. The van der Waals surface area contributed by atoms with Gasteiger partial charge in [-0.1, -0.05) is 19.4 Å². The summed E-state index contributed by atoms with van der Waals surface area (Å²) >= 11 is 7.31. The van der Waals surface area contributed by atoms with Crippen LogP contribution in [-0.2, 0) is 6.54 Å². The Hall–Kier alpha value is -0.650. The SMILES string of the molecule is CCCNC(=S)NC1CC2CCCC(C1)N2Cc1cccs1. The fraction of sp³-hybridized carbons (Fsp3) is 0.706. The van der Waals surface area contributed by atoms with Gasteiger partial charge in [-0.3, -0.25) is 4.90 Å². The highest BCUT2D eigenvalue weighted by Gasteiger charge is 2.38. The minimum atomic E-state index is 0.548. The van der Waals surface area contributed by atoms with E-state index in [0.29, 0.717) is 6.04 Å². The van der Waals surface area contributed by atoms with E-state index in [4.69, 9.17) is 12.2 Å². The molecule has 0 amide bonds. The number of nitrogens with one attached hydrogen (secondary N) is 2. The highest BCUT2D eigenvalue weighted by Crippen LogP contribution is 2.35. The molecule has 1 aromatic rings. The minimum absolute atomic E-state index is 0.548. The van der Waals surface area contributed by atoms with Crippen LogP contribution in [-0.4, -0.2) is 34.7 Å². The van der Waals surface area contributed by atoms with Gasteiger partial charge in [-0.25, -0.2) is 0 Å². The van der Waals surface area contributed by atoms with Crippen molar-refractivity contribution in [3.63, 3.8) is 0 Å². The molecule has 122 valence electrons. The predicted octanol–water partition coefficient (Wildman–Crippen LogP) is 3.51. The number of hydrogen-bond acceptors (Lipinski definition) is 3. The van der Waals surface area contributed by atoms with Crippen molar-refractivity contribution in [1.29, 1.82) is 0 Å². The molecule has 3 rings (SSSR count). The van der Waals surface area contributed by atoms with Crippen molar-refractivity contribution >= 4 is 28.7 Å². The Morgan fingerprint density at radius 1 is 1.36 bits per heavy atom. The Morgan fingerprint density at radius 3 is 2.77 bits per heavy atom. The van der Waals surface area contributed by atoms with E-state index in [1.165, 1.54) is 37.0 Å². The van der Waals surface area contributed by atoms with Crippen LogP contribution in [0.2, 0.25) is 0 Å². The van der Waals surface area contributed by atoms with Crippen molar-refractivity contribution in [2.75, 3.05) is 6.54 Å². The zero-order valence-electron chi connectivity index (χ0n) is 13.4. The molecule has 0 saturated carbocycles. The predicted molar refractivity (Wildman–Crippen MR) is 98.3 cm³/mol. The van der Waals surface area contributed by atoms with E-state index < -0.39 is 0 Å². The first kappa shape index (κ1) is 16.2. The Morgan fingerprint density at radius 2 is 2.14 bits per heavy atom. The second kappa shape index (κ2) is 7.75. The van der Waals surface area contributed by atoms with Gasteiger partial charge in [-0.15, -0.1) is 11.3 Å². The molecular formula is C17H27N3S2. The first-order chi connectivity index (χ1) is 10.8. The maximum Gasteiger partial charge on any atom is 0.166 e. The highest BCUT2D eigenvalue weighted by molar-refractivity contribution is 7.80. The highest BCUT2D eigenvalue weighted by atomic mass is 32.1. The summed E-state index contributed by atoms with van der Waals surface area (Å²) in [6, 6.07) is 6.44. The van der Waals surface area contributed by atoms with Gasteiger partial charge in [0.25, 0.3) is 0 Å². The van der Waals surface area contributed by atoms with Crippen LogP contribution in [0.1, 0.15) is 50.3 Å². The second-order valence-electron chi connectivity index (χ2n) is 6.56. The molecule has 2 N–H and O–H groups in total. The van der Waals surface area contributed by atoms with Crippen LogP contribution in [0.5, 0.6) is 0 Å². The summed E-state index contributed by atoms with van der Waals surface area (Å²) in [5.74, 6) is 0. The third-order valence-corrected chi connectivity index (χ3v) is 6.04. The van der Waals surface area contributed by atoms with Gasteiger partial charge in [0.05, 0.1) is 0 Å². The van der Waals surface area contributed by atoms with Gasteiger partial charge in [-0.2, -0.15) is 0 Å². The van der Waals surface area contributed by atoms with Crippen LogP contribution in [0.15, 0.2) is 17.5 Å². The Kier molecular flexibility index (Phi) is 5.71. The number of thiocarbonyl (C=S) groups is 1. The molecule has 3 heterocycles. The van der Waals surface area contributed by atoms with Crippen molar-refractivity contribution in [2.24, 2.45) is 0 Å². The number of thiophene rings is 1.